The van der Waals surface area contributed by atoms with Gasteiger partial charge in [0.25, 0.3) is 0 Å². The number of unbranched alkanes of at least 4 members (excludes halogenated alkanes) is 22. The third kappa shape index (κ3) is 24.4. The molecule has 1 fully saturated rings. The van der Waals surface area contributed by atoms with Crippen molar-refractivity contribution in [2.45, 2.75) is 198 Å². The predicted molar refractivity (Wildman–Crippen MR) is 195 cm³/mol. The highest BCUT2D eigenvalue weighted by Gasteiger charge is 2.43. The lowest BCUT2D eigenvalue weighted by atomic mass is 9.97. The quantitative estimate of drug-likeness (QED) is 0.0463. The van der Waals surface area contributed by atoms with Crippen molar-refractivity contribution >= 4 is 0 Å². The Morgan fingerprint density at radius 3 is 1.66 bits per heavy atom. The highest BCUT2D eigenvalue weighted by molar-refractivity contribution is 4.92. The zero-order valence-corrected chi connectivity index (χ0v) is 30.9. The van der Waals surface area contributed by atoms with Gasteiger partial charge in [-0.25, -0.2) is 0 Å². The second-order valence-electron chi connectivity index (χ2n) is 14.0. The molecule has 1 aliphatic rings. The Kier molecular flexibility index (Phi) is 31.2. The van der Waals surface area contributed by atoms with Gasteiger partial charge in [0.1, 0.15) is 24.4 Å². The molecule has 1 heterocycles. The van der Waals surface area contributed by atoms with Crippen molar-refractivity contribution in [1.82, 2.24) is 5.32 Å². The number of rotatable bonds is 35. The van der Waals surface area contributed by atoms with E-state index in [0.717, 1.165) is 32.4 Å². The maximum atomic E-state index is 10.5. The summed E-state index contributed by atoms with van der Waals surface area (Å²) in [5.41, 5.74) is 11.7. The first-order valence-corrected chi connectivity index (χ1v) is 19.9. The summed E-state index contributed by atoms with van der Waals surface area (Å²) in [7, 11) is 1.64. The minimum absolute atomic E-state index is 0.240. The lowest BCUT2D eigenvalue weighted by Gasteiger charge is -2.41. The monoisotopic (exact) mass is 674 g/mol. The molecule has 0 spiro atoms. The fourth-order valence-corrected chi connectivity index (χ4v) is 6.32. The summed E-state index contributed by atoms with van der Waals surface area (Å²) < 4.78 is 23.4. The Labute approximate surface area is 290 Å². The van der Waals surface area contributed by atoms with Gasteiger partial charge < -0.3 is 45.9 Å². The smallest absolute Gasteiger partial charge is 0.175 e. The maximum absolute atomic E-state index is 10.5. The number of methoxy groups -OCH3 is 1. The number of hydrogen-bond donors (Lipinski definition) is 5. The average Bonchev–Trinajstić information content (AvgIpc) is 3.08. The van der Waals surface area contributed by atoms with E-state index in [0.29, 0.717) is 19.8 Å². The van der Waals surface area contributed by atoms with E-state index in [2.05, 4.69) is 12.2 Å². The molecule has 0 aliphatic carbocycles. The minimum atomic E-state index is -1.12. The van der Waals surface area contributed by atoms with Gasteiger partial charge >= 0.3 is 0 Å². The van der Waals surface area contributed by atoms with E-state index in [1.54, 1.807) is 7.11 Å². The third-order valence-electron chi connectivity index (χ3n) is 9.63. The Bertz CT molecular complexity index is 649. The fourth-order valence-electron chi connectivity index (χ4n) is 6.32. The first-order chi connectivity index (χ1) is 23.0. The number of aliphatic hydroxyl groups is 2. The zero-order chi connectivity index (χ0) is 34.2. The van der Waals surface area contributed by atoms with E-state index in [-0.39, 0.29) is 12.7 Å². The summed E-state index contributed by atoms with van der Waals surface area (Å²) in [6, 6.07) is -0.837. The lowest BCUT2D eigenvalue weighted by Crippen LogP contribution is -2.63. The van der Waals surface area contributed by atoms with Gasteiger partial charge in [-0.15, -0.1) is 0 Å². The van der Waals surface area contributed by atoms with Gasteiger partial charge in [-0.1, -0.05) is 142 Å². The third-order valence-corrected chi connectivity index (χ3v) is 9.63. The van der Waals surface area contributed by atoms with Crippen molar-refractivity contribution in [1.29, 1.82) is 0 Å². The molecule has 0 radical (unpaired) electrons. The summed E-state index contributed by atoms with van der Waals surface area (Å²) in [5, 5.41) is 24.5. The summed E-state index contributed by atoms with van der Waals surface area (Å²) in [5.74, 6) is 0. The number of hydrogen-bond acceptors (Lipinski definition) is 9. The van der Waals surface area contributed by atoms with Gasteiger partial charge in [0, 0.05) is 20.3 Å². The number of nitrogens with two attached hydrogens (primary N) is 2. The van der Waals surface area contributed by atoms with E-state index in [1.165, 1.54) is 135 Å². The molecule has 1 saturated heterocycles. The Morgan fingerprint density at radius 1 is 0.660 bits per heavy atom. The predicted octanol–water partition coefficient (Wildman–Crippen LogP) is 6.74. The van der Waals surface area contributed by atoms with Gasteiger partial charge in [0.05, 0.1) is 19.3 Å². The van der Waals surface area contributed by atoms with Crippen molar-refractivity contribution in [2.75, 3.05) is 46.6 Å². The van der Waals surface area contributed by atoms with Crippen LogP contribution in [0.2, 0.25) is 0 Å². The van der Waals surface area contributed by atoms with Crippen molar-refractivity contribution in [2.24, 2.45) is 11.5 Å². The molecule has 6 atom stereocenters. The van der Waals surface area contributed by atoms with Crippen LogP contribution in [0.25, 0.3) is 0 Å². The molecule has 282 valence electrons. The molecule has 0 saturated carbocycles. The van der Waals surface area contributed by atoms with Crippen molar-refractivity contribution in [3.63, 3.8) is 0 Å². The molecular weight excluding hydrogens is 594 g/mol. The van der Waals surface area contributed by atoms with Gasteiger partial charge in [0.15, 0.2) is 6.29 Å². The minimum Gasteiger partial charge on any atom is -0.388 e. The first kappa shape index (κ1) is 44.7. The topological polar surface area (TPSA) is 141 Å². The zero-order valence-electron chi connectivity index (χ0n) is 30.9. The molecule has 1 rings (SSSR count). The van der Waals surface area contributed by atoms with Gasteiger partial charge in [0.2, 0.25) is 0 Å². The molecular formula is C38H79N3O6. The molecule has 7 N–H and O–H groups in total. The Hall–Kier alpha value is -0.360. The average molecular weight is 674 g/mol. The van der Waals surface area contributed by atoms with Crippen LogP contribution in [0.4, 0.5) is 0 Å². The van der Waals surface area contributed by atoms with Crippen LogP contribution in [0.5, 0.6) is 0 Å². The van der Waals surface area contributed by atoms with Crippen LogP contribution in [0.15, 0.2) is 0 Å². The van der Waals surface area contributed by atoms with Crippen LogP contribution in [0.1, 0.15) is 161 Å². The molecule has 47 heavy (non-hydrogen) atoms. The highest BCUT2D eigenvalue weighted by atomic mass is 16.7. The number of ether oxygens (including phenoxy) is 4. The lowest BCUT2D eigenvalue weighted by molar-refractivity contribution is -0.264. The van der Waals surface area contributed by atoms with E-state index >= 15 is 0 Å². The molecule has 0 aromatic heterocycles. The molecule has 9 heteroatoms. The molecule has 0 bridgehead atoms. The summed E-state index contributed by atoms with van der Waals surface area (Å²) in [4.78, 5) is 0. The normalized spacial score (nSPS) is 22.2. The second-order valence-corrected chi connectivity index (χ2v) is 14.0. The fraction of sp³-hybridized carbons (Fsp3) is 1.00. The second kappa shape index (κ2) is 32.8. The SMILES string of the molecule is CCCCCCCCCCCCCCCCOC[C@H](CO[C@@H]1O[C@H](CNCCCCCCCCCCCCN)[C@@H](O)[C@H](O)[C@H]1N)OC. The largest absolute Gasteiger partial charge is 0.388 e. The standard InChI is InChI=1S/C38H79N3O6/c1-3-4-5-6-7-8-9-10-11-14-17-20-23-26-29-45-31-33(44-2)32-46-38-35(40)37(43)36(42)34(47-38)30-41-28-25-22-19-16-13-12-15-18-21-24-27-39/h33-38,41-43H,3-32,39-40H2,1-2H3/t33-,34-,35-,36-,37-,38-/m1/s1. The molecule has 0 unspecified atom stereocenters. The van der Waals surface area contributed by atoms with E-state index < -0.39 is 30.6 Å². The van der Waals surface area contributed by atoms with Gasteiger partial charge in [-0.3, -0.25) is 0 Å². The highest BCUT2D eigenvalue weighted by Crippen LogP contribution is 2.21. The van der Waals surface area contributed by atoms with Crippen LogP contribution in [-0.4, -0.2) is 93.5 Å². The Balaban J connectivity index is 2.07. The van der Waals surface area contributed by atoms with Gasteiger partial charge in [-0.2, -0.15) is 0 Å². The van der Waals surface area contributed by atoms with E-state index in [4.69, 9.17) is 30.4 Å². The van der Waals surface area contributed by atoms with Crippen LogP contribution in [0, 0.1) is 0 Å². The maximum Gasteiger partial charge on any atom is 0.175 e. The van der Waals surface area contributed by atoms with Crippen molar-refractivity contribution < 1.29 is 29.2 Å². The molecule has 0 aromatic rings. The summed E-state index contributed by atoms with van der Waals surface area (Å²) in [6.45, 7) is 5.76. The van der Waals surface area contributed by atoms with Crippen LogP contribution < -0.4 is 16.8 Å². The van der Waals surface area contributed by atoms with E-state index in [1.807, 2.05) is 0 Å². The van der Waals surface area contributed by atoms with Crippen LogP contribution in [0.3, 0.4) is 0 Å². The number of nitrogens with one attached hydrogen (secondary N) is 1. The molecule has 0 amide bonds. The Morgan fingerprint density at radius 2 is 1.15 bits per heavy atom. The summed E-state index contributed by atoms with van der Waals surface area (Å²) >= 11 is 0. The van der Waals surface area contributed by atoms with E-state index in [9.17, 15) is 10.2 Å². The van der Waals surface area contributed by atoms with Crippen molar-refractivity contribution in [3.05, 3.63) is 0 Å². The van der Waals surface area contributed by atoms with Crippen LogP contribution >= 0.6 is 0 Å². The molecule has 1 aliphatic heterocycles. The first-order valence-electron chi connectivity index (χ1n) is 19.9. The van der Waals surface area contributed by atoms with Crippen molar-refractivity contribution in [3.8, 4) is 0 Å². The van der Waals surface area contributed by atoms with Gasteiger partial charge in [-0.05, 0) is 32.4 Å². The van der Waals surface area contributed by atoms with Crippen LogP contribution in [-0.2, 0) is 18.9 Å². The molecule has 0 aromatic carbocycles. The number of aliphatic hydroxyl groups excluding tert-OH is 2. The summed E-state index contributed by atoms with van der Waals surface area (Å²) in [6.07, 6.45) is 27.4. The molecule has 9 nitrogen and oxygen atoms in total.